The summed E-state index contributed by atoms with van der Waals surface area (Å²) in [6.45, 7) is 3.56. The quantitative estimate of drug-likeness (QED) is 0.516. The number of aromatic hydroxyl groups is 1. The summed E-state index contributed by atoms with van der Waals surface area (Å²) in [5.74, 6) is -0.366. The first-order valence-corrected chi connectivity index (χ1v) is 11.8. The Kier molecular flexibility index (Phi) is 6.84. The second-order valence-corrected chi connectivity index (χ2v) is 9.23. The Bertz CT molecular complexity index is 1510. The van der Waals surface area contributed by atoms with Crippen LogP contribution in [0.1, 0.15) is 31.0 Å². The Morgan fingerprint density at radius 2 is 2.03 bits per heavy atom. The number of phenolic OH excluding ortho intramolecular Hbond substituents is 1. The molecule has 1 atom stereocenters. The zero-order valence-electron chi connectivity index (χ0n) is 18.5. The number of fused-ring (bicyclic) bond motifs is 1. The van der Waals surface area contributed by atoms with Crippen molar-refractivity contribution >= 4 is 52.3 Å². The lowest BCUT2D eigenvalue weighted by atomic mass is 9.96. The lowest BCUT2D eigenvalue weighted by Gasteiger charge is -2.22. The van der Waals surface area contributed by atoms with Gasteiger partial charge in [0.1, 0.15) is 6.04 Å². The Labute approximate surface area is 208 Å². The Hall–Kier alpha value is -3.07. The van der Waals surface area contributed by atoms with E-state index in [0.29, 0.717) is 36.2 Å². The third-order valence-electron chi connectivity index (χ3n) is 5.31. The molecule has 0 saturated heterocycles. The van der Waals surface area contributed by atoms with Crippen LogP contribution in [0, 0.1) is 0 Å². The molecule has 2 heterocycles. The molecule has 1 aliphatic rings. The van der Waals surface area contributed by atoms with Crippen LogP contribution in [0.3, 0.4) is 0 Å². The van der Waals surface area contributed by atoms with E-state index in [0.717, 1.165) is 0 Å². The van der Waals surface area contributed by atoms with Crippen molar-refractivity contribution < 1.29 is 19.4 Å². The van der Waals surface area contributed by atoms with Crippen molar-refractivity contribution in [1.29, 1.82) is 0 Å². The Balaban J connectivity index is 1.96. The van der Waals surface area contributed by atoms with Crippen LogP contribution in [0.2, 0.25) is 10.0 Å². The van der Waals surface area contributed by atoms with Crippen LogP contribution >= 0.6 is 34.5 Å². The molecule has 0 unspecified atom stereocenters. The van der Waals surface area contributed by atoms with Crippen LogP contribution in [-0.2, 0) is 9.53 Å². The molecule has 3 aromatic rings. The van der Waals surface area contributed by atoms with E-state index in [1.54, 1.807) is 50.3 Å². The number of halogens is 2. The molecule has 0 bridgehead atoms. The number of methoxy groups -OCH3 is 1. The summed E-state index contributed by atoms with van der Waals surface area (Å²) >= 11 is 13.4. The molecule has 2 aromatic carbocycles. The molecule has 176 valence electrons. The van der Waals surface area contributed by atoms with Gasteiger partial charge in [-0.15, -0.1) is 0 Å². The van der Waals surface area contributed by atoms with Crippen LogP contribution in [0.15, 0.2) is 51.8 Å². The van der Waals surface area contributed by atoms with Gasteiger partial charge in [0, 0.05) is 15.7 Å². The number of allylic oxidation sites excluding steroid dienone is 1. The number of hydrogen-bond donors (Lipinski definition) is 1. The van der Waals surface area contributed by atoms with E-state index in [9.17, 15) is 14.7 Å². The van der Waals surface area contributed by atoms with Gasteiger partial charge in [0.2, 0.25) is 0 Å². The number of ether oxygens (including phenoxy) is 2. The van der Waals surface area contributed by atoms with Crippen molar-refractivity contribution in [2.75, 3.05) is 13.7 Å². The Morgan fingerprint density at radius 3 is 2.71 bits per heavy atom. The average Bonchev–Trinajstić information content (AvgIpc) is 3.11. The summed E-state index contributed by atoms with van der Waals surface area (Å²) in [6.07, 6.45) is 1.67. The van der Waals surface area contributed by atoms with Gasteiger partial charge in [0.25, 0.3) is 5.56 Å². The maximum atomic E-state index is 13.3. The molecule has 1 N–H and O–H groups in total. The van der Waals surface area contributed by atoms with Crippen molar-refractivity contribution in [3.05, 3.63) is 82.8 Å². The smallest absolute Gasteiger partial charge is 0.338 e. The highest BCUT2D eigenvalue weighted by Gasteiger charge is 2.32. The second-order valence-electron chi connectivity index (χ2n) is 7.38. The summed E-state index contributed by atoms with van der Waals surface area (Å²) in [6, 6.07) is 9.00. The van der Waals surface area contributed by atoms with Gasteiger partial charge < -0.3 is 14.6 Å². The molecule has 0 radical (unpaired) electrons. The van der Waals surface area contributed by atoms with E-state index in [2.05, 4.69) is 0 Å². The minimum absolute atomic E-state index is 0.0368. The maximum Gasteiger partial charge on any atom is 0.338 e. The number of aromatic nitrogens is 1. The lowest BCUT2D eigenvalue weighted by Crippen LogP contribution is -2.35. The minimum Gasteiger partial charge on any atom is -0.504 e. The zero-order valence-corrected chi connectivity index (χ0v) is 20.8. The number of thiazole rings is 1. The fraction of sp³-hybridized carbons (Fsp3) is 0.208. The van der Waals surface area contributed by atoms with Gasteiger partial charge in [-0.1, -0.05) is 46.7 Å². The highest BCUT2D eigenvalue weighted by molar-refractivity contribution is 7.07. The second kappa shape index (κ2) is 9.66. The average molecular weight is 519 g/mol. The normalized spacial score (nSPS) is 15.7. The van der Waals surface area contributed by atoms with Crippen LogP contribution in [0.25, 0.3) is 11.8 Å². The molecule has 1 aromatic heterocycles. The third kappa shape index (κ3) is 4.36. The molecule has 0 spiro atoms. The largest absolute Gasteiger partial charge is 0.504 e. The van der Waals surface area contributed by atoms with Crippen molar-refractivity contribution in [3.8, 4) is 11.5 Å². The number of esters is 1. The van der Waals surface area contributed by atoms with Crippen molar-refractivity contribution in [3.63, 3.8) is 0 Å². The predicted octanol–water partition coefficient (Wildman–Crippen LogP) is 3.93. The number of benzene rings is 2. The van der Waals surface area contributed by atoms with Crippen LogP contribution in [-0.4, -0.2) is 29.4 Å². The minimum atomic E-state index is -0.751. The van der Waals surface area contributed by atoms with Crippen molar-refractivity contribution in [2.24, 2.45) is 4.99 Å². The van der Waals surface area contributed by atoms with Crippen molar-refractivity contribution in [2.45, 2.75) is 19.9 Å². The summed E-state index contributed by atoms with van der Waals surface area (Å²) < 4.78 is 12.3. The number of carbonyl (C=O) groups is 1. The van der Waals surface area contributed by atoms with Gasteiger partial charge in [0.15, 0.2) is 16.3 Å². The van der Waals surface area contributed by atoms with Gasteiger partial charge in [-0.2, -0.15) is 0 Å². The third-order valence-corrected chi connectivity index (χ3v) is 6.85. The number of rotatable bonds is 5. The fourth-order valence-corrected chi connectivity index (χ4v) is 5.18. The first-order chi connectivity index (χ1) is 16.2. The van der Waals surface area contributed by atoms with Gasteiger partial charge in [-0.3, -0.25) is 9.36 Å². The first-order valence-electron chi connectivity index (χ1n) is 10.3. The Morgan fingerprint density at radius 1 is 1.26 bits per heavy atom. The summed E-state index contributed by atoms with van der Waals surface area (Å²) in [4.78, 5) is 31.4. The van der Waals surface area contributed by atoms with Crippen LogP contribution < -0.4 is 19.6 Å². The van der Waals surface area contributed by atoms with Gasteiger partial charge in [-0.25, -0.2) is 9.79 Å². The fourth-order valence-electron chi connectivity index (χ4n) is 3.68. The van der Waals surface area contributed by atoms with E-state index >= 15 is 0 Å². The van der Waals surface area contributed by atoms with E-state index in [1.165, 1.54) is 29.1 Å². The van der Waals surface area contributed by atoms with E-state index in [4.69, 9.17) is 37.7 Å². The van der Waals surface area contributed by atoms with E-state index in [1.807, 2.05) is 0 Å². The molecular weight excluding hydrogens is 499 g/mol. The SMILES string of the molecule is CCOC(=O)C1=C(C)n2c(s/c(=C\c3ccc(Cl)cc3Cl)c2=O)=N[C@@H]1c1ccc(O)c(OC)c1. The van der Waals surface area contributed by atoms with Crippen molar-refractivity contribution in [1.82, 2.24) is 4.57 Å². The van der Waals surface area contributed by atoms with Gasteiger partial charge in [-0.05, 0) is 55.3 Å². The molecular formula is C24H20Cl2N2O5S. The molecule has 0 fully saturated rings. The summed E-state index contributed by atoms with van der Waals surface area (Å²) in [5.41, 5.74) is 1.57. The molecule has 0 amide bonds. The lowest BCUT2D eigenvalue weighted by molar-refractivity contribution is -0.138. The van der Waals surface area contributed by atoms with Crippen LogP contribution in [0.5, 0.6) is 11.5 Å². The highest BCUT2D eigenvalue weighted by Crippen LogP contribution is 2.36. The molecule has 34 heavy (non-hydrogen) atoms. The first kappa shape index (κ1) is 24.1. The number of hydrogen-bond acceptors (Lipinski definition) is 7. The molecule has 0 aliphatic carbocycles. The van der Waals surface area contributed by atoms with E-state index in [-0.39, 0.29) is 29.2 Å². The predicted molar refractivity (Wildman–Crippen MR) is 132 cm³/mol. The molecule has 1 aliphatic heterocycles. The topological polar surface area (TPSA) is 90.1 Å². The maximum absolute atomic E-state index is 13.3. The van der Waals surface area contributed by atoms with Gasteiger partial charge in [0.05, 0.1) is 23.8 Å². The monoisotopic (exact) mass is 518 g/mol. The summed E-state index contributed by atoms with van der Waals surface area (Å²) in [7, 11) is 1.44. The standard InChI is InChI=1S/C24H20Cl2N2O5S/c1-4-33-23(31)20-12(2)28-22(30)19(10-13-5-7-15(25)11-16(13)26)34-24(28)27-21(20)14-6-8-17(29)18(9-14)32-3/h5-11,21,29H,4H2,1-3H3/b19-10-/t21-/m1/s1. The molecule has 4 rings (SSSR count). The number of phenols is 1. The highest BCUT2D eigenvalue weighted by atomic mass is 35.5. The number of carbonyl (C=O) groups excluding carboxylic acids is 1. The molecule has 0 saturated carbocycles. The van der Waals surface area contributed by atoms with E-state index < -0.39 is 12.0 Å². The van der Waals surface area contributed by atoms with Crippen LogP contribution in [0.4, 0.5) is 0 Å². The van der Waals surface area contributed by atoms with Gasteiger partial charge >= 0.3 is 5.97 Å². The zero-order chi connectivity index (χ0) is 24.6. The molecule has 10 heteroatoms. The molecule has 7 nitrogen and oxygen atoms in total. The summed E-state index contributed by atoms with van der Waals surface area (Å²) in [5, 5.41) is 10.9. The number of nitrogens with zero attached hydrogens (tertiary/aromatic N) is 2.